The lowest BCUT2D eigenvalue weighted by Crippen LogP contribution is -2.43. The van der Waals surface area contributed by atoms with Crippen molar-refractivity contribution in [1.82, 2.24) is 10.2 Å². The molecule has 21 heavy (non-hydrogen) atoms. The summed E-state index contributed by atoms with van der Waals surface area (Å²) in [5.41, 5.74) is 0. The van der Waals surface area contributed by atoms with E-state index in [-0.39, 0.29) is 12.2 Å². The minimum atomic E-state index is 0.0306. The van der Waals surface area contributed by atoms with Crippen LogP contribution in [-0.4, -0.2) is 43.3 Å². The van der Waals surface area contributed by atoms with Crippen LogP contribution in [0.2, 0.25) is 0 Å². The van der Waals surface area contributed by atoms with Gasteiger partial charge in [-0.3, -0.25) is 10.1 Å². The highest BCUT2D eigenvalue weighted by Gasteiger charge is 2.44. The number of nitrogens with zero attached hydrogens (tertiary/aromatic N) is 1. The van der Waals surface area contributed by atoms with E-state index in [1.54, 1.807) is 7.11 Å². The highest BCUT2D eigenvalue weighted by Crippen LogP contribution is 2.33. The average molecular weight is 296 g/mol. The van der Waals surface area contributed by atoms with Gasteiger partial charge in [-0.1, -0.05) is 33.1 Å². The van der Waals surface area contributed by atoms with E-state index in [2.05, 4.69) is 24.1 Å². The molecule has 0 spiro atoms. The minimum absolute atomic E-state index is 0.0306. The first kappa shape index (κ1) is 16.8. The number of rotatable bonds is 8. The van der Waals surface area contributed by atoms with Crippen LogP contribution >= 0.6 is 0 Å². The predicted molar refractivity (Wildman–Crippen MR) is 84.9 cm³/mol. The Morgan fingerprint density at radius 3 is 2.67 bits per heavy atom. The molecule has 2 fully saturated rings. The molecule has 3 atom stereocenters. The molecule has 0 aromatic heterocycles. The van der Waals surface area contributed by atoms with Crippen LogP contribution < -0.4 is 5.32 Å². The minimum Gasteiger partial charge on any atom is -0.385 e. The topological polar surface area (TPSA) is 41.6 Å². The van der Waals surface area contributed by atoms with E-state index < -0.39 is 0 Å². The molecular formula is C17H32N2O2. The third kappa shape index (κ3) is 3.98. The first-order chi connectivity index (χ1) is 10.2. The second-order valence-corrected chi connectivity index (χ2v) is 6.75. The van der Waals surface area contributed by atoms with Crippen molar-refractivity contribution in [3.63, 3.8) is 0 Å². The normalized spacial score (nSPS) is 28.5. The number of carbonyl (C=O) groups is 1. The van der Waals surface area contributed by atoms with Crippen LogP contribution in [0.25, 0.3) is 0 Å². The van der Waals surface area contributed by atoms with Crippen LogP contribution in [0.5, 0.6) is 0 Å². The number of carbonyl (C=O) groups excluding carboxylic acids is 1. The van der Waals surface area contributed by atoms with E-state index in [0.717, 1.165) is 32.4 Å². The zero-order valence-corrected chi connectivity index (χ0v) is 13.9. The quantitative estimate of drug-likeness (QED) is 0.700. The lowest BCUT2D eigenvalue weighted by Gasteiger charge is -2.29. The molecule has 0 bridgehead atoms. The van der Waals surface area contributed by atoms with Crippen LogP contribution in [0.3, 0.4) is 0 Å². The molecule has 1 aliphatic heterocycles. The van der Waals surface area contributed by atoms with Crippen molar-refractivity contribution < 1.29 is 9.53 Å². The van der Waals surface area contributed by atoms with E-state index in [4.69, 9.17) is 4.74 Å². The monoisotopic (exact) mass is 296 g/mol. The number of amides is 1. The van der Waals surface area contributed by atoms with E-state index in [1.165, 1.54) is 25.7 Å². The number of nitrogens with one attached hydrogen (secondary N) is 1. The predicted octanol–water partition coefficient (Wildman–Crippen LogP) is 2.78. The summed E-state index contributed by atoms with van der Waals surface area (Å²) in [7, 11) is 1.74. The molecule has 1 amide bonds. The standard InChI is InChI=1S/C17H32N2O2/c1-4-13(2)15-17(20)19(11-7-8-12-21-3)16(18-15)14-9-5-6-10-14/h13-16,18H,4-12H2,1-3H3. The van der Waals surface area contributed by atoms with Gasteiger partial charge in [-0.2, -0.15) is 0 Å². The van der Waals surface area contributed by atoms with E-state index >= 15 is 0 Å². The fourth-order valence-electron chi connectivity index (χ4n) is 3.75. The third-order valence-corrected chi connectivity index (χ3v) is 5.29. The Bertz CT molecular complexity index is 329. The Kier molecular flexibility index (Phi) is 6.49. The highest BCUT2D eigenvalue weighted by molar-refractivity contribution is 5.84. The zero-order valence-electron chi connectivity index (χ0n) is 13.9. The molecule has 3 unspecified atom stereocenters. The van der Waals surface area contributed by atoms with Gasteiger partial charge in [0.2, 0.25) is 5.91 Å². The Morgan fingerprint density at radius 1 is 1.33 bits per heavy atom. The van der Waals surface area contributed by atoms with Crippen molar-refractivity contribution in [3.8, 4) is 0 Å². The van der Waals surface area contributed by atoms with Crippen molar-refractivity contribution in [3.05, 3.63) is 0 Å². The Labute approximate surface area is 129 Å². The van der Waals surface area contributed by atoms with Gasteiger partial charge >= 0.3 is 0 Å². The van der Waals surface area contributed by atoms with Crippen LogP contribution in [-0.2, 0) is 9.53 Å². The molecule has 0 radical (unpaired) electrons. The molecule has 4 nitrogen and oxygen atoms in total. The molecule has 0 aromatic carbocycles. The molecule has 122 valence electrons. The van der Waals surface area contributed by atoms with Gasteiger partial charge in [0, 0.05) is 20.3 Å². The van der Waals surface area contributed by atoms with Crippen molar-refractivity contribution in [1.29, 1.82) is 0 Å². The molecule has 0 aromatic rings. The smallest absolute Gasteiger partial charge is 0.241 e. The highest BCUT2D eigenvalue weighted by atomic mass is 16.5. The molecule has 4 heteroatoms. The summed E-state index contributed by atoms with van der Waals surface area (Å²) in [5, 5.41) is 3.67. The average Bonchev–Trinajstić information content (AvgIpc) is 3.11. The summed E-state index contributed by atoms with van der Waals surface area (Å²) >= 11 is 0. The number of ether oxygens (including phenoxy) is 1. The van der Waals surface area contributed by atoms with Gasteiger partial charge in [-0.25, -0.2) is 0 Å². The second kappa shape index (κ2) is 8.14. The summed E-state index contributed by atoms with van der Waals surface area (Å²) in [6.45, 7) is 6.03. The SMILES string of the molecule is CCC(C)C1NC(C2CCCC2)N(CCCCOC)C1=O. The van der Waals surface area contributed by atoms with Gasteiger partial charge < -0.3 is 9.64 Å². The van der Waals surface area contributed by atoms with Gasteiger partial charge in [0.05, 0.1) is 12.2 Å². The number of unbranched alkanes of at least 4 members (excludes halogenated alkanes) is 1. The number of hydrogen-bond donors (Lipinski definition) is 1. The first-order valence-electron chi connectivity index (χ1n) is 8.74. The molecule has 1 N–H and O–H groups in total. The second-order valence-electron chi connectivity index (χ2n) is 6.75. The molecule has 2 rings (SSSR count). The Hall–Kier alpha value is -0.610. The molecule has 1 aliphatic carbocycles. The van der Waals surface area contributed by atoms with Crippen LogP contribution in [0, 0.1) is 11.8 Å². The molecular weight excluding hydrogens is 264 g/mol. The van der Waals surface area contributed by atoms with Gasteiger partial charge in [-0.05, 0) is 37.5 Å². The van der Waals surface area contributed by atoms with Crippen LogP contribution in [0.1, 0.15) is 58.8 Å². The summed E-state index contributed by atoms with van der Waals surface area (Å²) in [5.74, 6) is 1.41. The lowest BCUT2D eigenvalue weighted by molar-refractivity contribution is -0.131. The Balaban J connectivity index is 1.98. The van der Waals surface area contributed by atoms with E-state index in [0.29, 0.717) is 17.7 Å². The Morgan fingerprint density at radius 2 is 2.05 bits per heavy atom. The maximum atomic E-state index is 12.8. The van der Waals surface area contributed by atoms with Crippen molar-refractivity contribution in [2.45, 2.75) is 71.0 Å². The summed E-state index contributed by atoms with van der Waals surface area (Å²) in [6, 6.07) is 0.0306. The van der Waals surface area contributed by atoms with Crippen molar-refractivity contribution in [2.75, 3.05) is 20.3 Å². The van der Waals surface area contributed by atoms with Gasteiger partial charge in [-0.15, -0.1) is 0 Å². The van der Waals surface area contributed by atoms with Gasteiger partial charge in [0.25, 0.3) is 0 Å². The van der Waals surface area contributed by atoms with Gasteiger partial charge in [0.1, 0.15) is 0 Å². The van der Waals surface area contributed by atoms with Crippen LogP contribution in [0.4, 0.5) is 0 Å². The fourth-order valence-corrected chi connectivity index (χ4v) is 3.75. The van der Waals surface area contributed by atoms with Crippen LogP contribution in [0.15, 0.2) is 0 Å². The maximum absolute atomic E-state index is 12.8. The number of hydrogen-bond acceptors (Lipinski definition) is 3. The summed E-state index contributed by atoms with van der Waals surface area (Å²) in [4.78, 5) is 14.9. The fraction of sp³-hybridized carbons (Fsp3) is 0.941. The molecule has 1 saturated heterocycles. The summed E-state index contributed by atoms with van der Waals surface area (Å²) < 4.78 is 5.12. The zero-order chi connectivity index (χ0) is 15.2. The van der Waals surface area contributed by atoms with E-state index in [9.17, 15) is 4.79 Å². The third-order valence-electron chi connectivity index (χ3n) is 5.29. The number of methoxy groups -OCH3 is 1. The molecule has 2 aliphatic rings. The first-order valence-corrected chi connectivity index (χ1v) is 8.74. The van der Waals surface area contributed by atoms with Crippen molar-refractivity contribution >= 4 is 5.91 Å². The van der Waals surface area contributed by atoms with Gasteiger partial charge in [0.15, 0.2) is 0 Å². The summed E-state index contributed by atoms with van der Waals surface area (Å²) in [6.07, 6.45) is 8.59. The van der Waals surface area contributed by atoms with Crippen molar-refractivity contribution in [2.24, 2.45) is 11.8 Å². The molecule has 1 saturated carbocycles. The van der Waals surface area contributed by atoms with E-state index in [1.807, 2.05) is 0 Å². The maximum Gasteiger partial charge on any atom is 0.241 e. The molecule has 1 heterocycles. The lowest BCUT2D eigenvalue weighted by atomic mass is 9.99. The largest absolute Gasteiger partial charge is 0.385 e.